The fourth-order valence-corrected chi connectivity index (χ4v) is 1.90. The van der Waals surface area contributed by atoms with Crippen LogP contribution in [0.3, 0.4) is 0 Å². The quantitative estimate of drug-likeness (QED) is 0.772. The van der Waals surface area contributed by atoms with Gasteiger partial charge >= 0.3 is 6.18 Å². The van der Waals surface area contributed by atoms with Crippen LogP contribution < -0.4 is 10.0 Å². The van der Waals surface area contributed by atoms with E-state index >= 15 is 0 Å². The molecule has 1 rings (SSSR count). The molecule has 0 saturated carbocycles. The SMILES string of the molecule is CS(=O)(=O)NCCNc1nc(C(F)(F)F)ns1. The highest BCUT2D eigenvalue weighted by Gasteiger charge is 2.36. The van der Waals surface area contributed by atoms with Gasteiger partial charge in [-0.1, -0.05) is 0 Å². The number of alkyl halides is 3. The Kier molecular flexibility index (Phi) is 4.27. The minimum absolute atomic E-state index is 0.00683. The van der Waals surface area contributed by atoms with Gasteiger partial charge in [-0.25, -0.2) is 13.1 Å². The van der Waals surface area contributed by atoms with Crippen LogP contribution in [0.2, 0.25) is 0 Å². The molecule has 1 aromatic rings. The minimum atomic E-state index is -4.57. The summed E-state index contributed by atoms with van der Waals surface area (Å²) in [6.45, 7) is 0.180. The maximum atomic E-state index is 12.1. The van der Waals surface area contributed by atoms with Crippen molar-refractivity contribution in [2.75, 3.05) is 24.7 Å². The normalized spacial score (nSPS) is 12.7. The maximum Gasteiger partial charge on any atom is 0.452 e. The molecule has 0 saturated heterocycles. The van der Waals surface area contributed by atoms with Crippen molar-refractivity contribution in [1.82, 2.24) is 14.1 Å². The molecule has 0 fully saturated rings. The molecule has 17 heavy (non-hydrogen) atoms. The first-order valence-corrected chi connectivity index (χ1v) is 6.94. The molecule has 0 aliphatic heterocycles. The zero-order chi connectivity index (χ0) is 13.1. The summed E-state index contributed by atoms with van der Waals surface area (Å²) in [7, 11) is -3.30. The first-order valence-electron chi connectivity index (χ1n) is 4.28. The highest BCUT2D eigenvalue weighted by atomic mass is 32.2. The summed E-state index contributed by atoms with van der Waals surface area (Å²) in [6, 6.07) is 0. The predicted molar refractivity (Wildman–Crippen MR) is 56.2 cm³/mol. The minimum Gasteiger partial charge on any atom is -0.359 e. The van der Waals surface area contributed by atoms with Crippen molar-refractivity contribution in [1.29, 1.82) is 0 Å². The van der Waals surface area contributed by atoms with Gasteiger partial charge in [0, 0.05) is 24.6 Å². The zero-order valence-corrected chi connectivity index (χ0v) is 10.2. The van der Waals surface area contributed by atoms with E-state index in [0.717, 1.165) is 6.26 Å². The molecule has 0 aliphatic carbocycles. The second-order valence-electron chi connectivity index (χ2n) is 3.01. The highest BCUT2D eigenvalue weighted by molar-refractivity contribution is 7.88. The summed E-state index contributed by atoms with van der Waals surface area (Å²) in [4.78, 5) is 3.21. The number of nitrogens with zero attached hydrogens (tertiary/aromatic N) is 2. The van der Waals surface area contributed by atoms with Gasteiger partial charge in [0.1, 0.15) is 0 Å². The molecule has 98 valence electrons. The number of rotatable bonds is 5. The van der Waals surface area contributed by atoms with Crippen molar-refractivity contribution < 1.29 is 21.6 Å². The van der Waals surface area contributed by atoms with Gasteiger partial charge in [0.15, 0.2) is 0 Å². The molecule has 0 amide bonds. The number of halogens is 3. The molecule has 1 aromatic heterocycles. The Balaban J connectivity index is 2.41. The Morgan fingerprint density at radius 2 is 2.00 bits per heavy atom. The molecule has 0 aliphatic rings. The number of anilines is 1. The van der Waals surface area contributed by atoms with E-state index in [0.29, 0.717) is 11.5 Å². The molecule has 6 nitrogen and oxygen atoms in total. The second kappa shape index (κ2) is 5.14. The first kappa shape index (κ1) is 14.1. The lowest BCUT2D eigenvalue weighted by Gasteiger charge is -2.02. The van der Waals surface area contributed by atoms with Crippen molar-refractivity contribution in [3.63, 3.8) is 0 Å². The first-order chi connectivity index (χ1) is 7.68. The van der Waals surface area contributed by atoms with E-state index in [1.165, 1.54) is 0 Å². The van der Waals surface area contributed by atoms with E-state index in [2.05, 4.69) is 19.4 Å². The van der Waals surface area contributed by atoms with E-state index in [4.69, 9.17) is 0 Å². The summed E-state index contributed by atoms with van der Waals surface area (Å²) >= 11 is 0.565. The average Bonchev–Trinajstić information content (AvgIpc) is 2.58. The standard InChI is InChI=1S/C6H9F3N4O2S2/c1-17(14,15)11-3-2-10-5-12-4(13-16-5)6(7,8)9/h11H,2-3H2,1H3,(H,10,12,13). The van der Waals surface area contributed by atoms with Crippen LogP contribution in [0, 0.1) is 0 Å². The van der Waals surface area contributed by atoms with Gasteiger partial charge in [0.05, 0.1) is 6.26 Å². The smallest absolute Gasteiger partial charge is 0.359 e. The van der Waals surface area contributed by atoms with Gasteiger partial charge in [-0.05, 0) is 0 Å². The van der Waals surface area contributed by atoms with Crippen molar-refractivity contribution in [2.45, 2.75) is 6.18 Å². The molecule has 2 N–H and O–H groups in total. The lowest BCUT2D eigenvalue weighted by molar-refractivity contribution is -0.144. The Morgan fingerprint density at radius 1 is 1.35 bits per heavy atom. The number of nitrogens with one attached hydrogen (secondary N) is 2. The number of hydrogen-bond acceptors (Lipinski definition) is 6. The van der Waals surface area contributed by atoms with Gasteiger partial charge < -0.3 is 5.32 Å². The van der Waals surface area contributed by atoms with E-state index in [-0.39, 0.29) is 18.2 Å². The predicted octanol–water partition coefficient (Wildman–Crippen LogP) is 0.518. The Bertz CT molecular complexity index is 470. The summed E-state index contributed by atoms with van der Waals surface area (Å²) in [5, 5.41) is 2.52. The maximum absolute atomic E-state index is 12.1. The monoisotopic (exact) mass is 290 g/mol. The molecular formula is C6H9F3N4O2S2. The topological polar surface area (TPSA) is 84.0 Å². The molecule has 0 atom stereocenters. The lowest BCUT2D eigenvalue weighted by atomic mass is 10.6. The van der Waals surface area contributed by atoms with Crippen molar-refractivity contribution in [3.8, 4) is 0 Å². The van der Waals surface area contributed by atoms with Crippen LogP contribution in [0.5, 0.6) is 0 Å². The Morgan fingerprint density at radius 3 is 2.47 bits per heavy atom. The van der Waals surface area contributed by atoms with Crippen molar-refractivity contribution in [3.05, 3.63) is 5.82 Å². The van der Waals surface area contributed by atoms with Crippen LogP contribution in [0.1, 0.15) is 5.82 Å². The third kappa shape index (κ3) is 5.28. The van der Waals surface area contributed by atoms with Crippen LogP contribution >= 0.6 is 11.5 Å². The fraction of sp³-hybridized carbons (Fsp3) is 0.667. The largest absolute Gasteiger partial charge is 0.452 e. The molecule has 0 aromatic carbocycles. The molecule has 0 unspecified atom stereocenters. The summed E-state index contributed by atoms with van der Waals surface area (Å²) in [6.07, 6.45) is -3.58. The van der Waals surface area contributed by atoms with E-state index in [1.54, 1.807) is 0 Å². The van der Waals surface area contributed by atoms with Crippen LogP contribution in [0.25, 0.3) is 0 Å². The van der Waals surface area contributed by atoms with Crippen LogP contribution in [0.15, 0.2) is 0 Å². The van der Waals surface area contributed by atoms with Crippen LogP contribution in [0.4, 0.5) is 18.3 Å². The van der Waals surface area contributed by atoms with Crippen molar-refractivity contribution >= 4 is 26.7 Å². The number of aromatic nitrogens is 2. The van der Waals surface area contributed by atoms with E-state index in [9.17, 15) is 21.6 Å². The Labute approximate surface area is 99.5 Å². The third-order valence-electron chi connectivity index (χ3n) is 1.45. The highest BCUT2D eigenvalue weighted by Crippen LogP contribution is 2.28. The third-order valence-corrected chi connectivity index (χ3v) is 2.85. The Hall–Kier alpha value is -0.940. The van der Waals surface area contributed by atoms with Gasteiger partial charge in [-0.15, -0.1) is 0 Å². The van der Waals surface area contributed by atoms with Crippen LogP contribution in [-0.4, -0.2) is 37.1 Å². The van der Waals surface area contributed by atoms with E-state index < -0.39 is 22.0 Å². The molecule has 0 bridgehead atoms. The van der Waals surface area contributed by atoms with Crippen molar-refractivity contribution in [2.24, 2.45) is 0 Å². The second-order valence-corrected chi connectivity index (χ2v) is 5.60. The lowest BCUT2D eigenvalue weighted by Crippen LogP contribution is -2.27. The fourth-order valence-electron chi connectivity index (χ4n) is 0.816. The zero-order valence-electron chi connectivity index (χ0n) is 8.58. The number of sulfonamides is 1. The van der Waals surface area contributed by atoms with Gasteiger partial charge in [-0.2, -0.15) is 22.5 Å². The molecule has 0 radical (unpaired) electrons. The van der Waals surface area contributed by atoms with Gasteiger partial charge in [-0.3, -0.25) is 0 Å². The summed E-state index contributed by atoms with van der Waals surface area (Å²) < 4.78 is 62.9. The van der Waals surface area contributed by atoms with Gasteiger partial charge in [0.2, 0.25) is 21.0 Å². The number of hydrogen-bond donors (Lipinski definition) is 2. The van der Waals surface area contributed by atoms with Gasteiger partial charge in [0.25, 0.3) is 0 Å². The van der Waals surface area contributed by atoms with E-state index in [1.807, 2.05) is 0 Å². The van der Waals surface area contributed by atoms with Crippen LogP contribution in [-0.2, 0) is 16.2 Å². The molecular weight excluding hydrogens is 281 g/mol. The molecule has 0 spiro atoms. The molecule has 1 heterocycles. The molecule has 11 heteroatoms. The summed E-state index contributed by atoms with van der Waals surface area (Å²) in [5.74, 6) is -1.21. The summed E-state index contributed by atoms with van der Waals surface area (Å²) in [5.41, 5.74) is 0. The average molecular weight is 290 g/mol.